The van der Waals surface area contributed by atoms with E-state index in [1.807, 2.05) is 26.0 Å². The van der Waals surface area contributed by atoms with Crippen LogP contribution in [0.3, 0.4) is 0 Å². The Labute approximate surface area is 105 Å². The van der Waals surface area contributed by atoms with E-state index in [0.717, 1.165) is 17.1 Å². The number of nitrogen functional groups attached to an aromatic ring is 1. The second kappa shape index (κ2) is 4.22. The van der Waals surface area contributed by atoms with Crippen molar-refractivity contribution in [2.24, 2.45) is 5.73 Å². The third kappa shape index (κ3) is 2.03. The van der Waals surface area contributed by atoms with Crippen molar-refractivity contribution in [3.63, 3.8) is 0 Å². The maximum absolute atomic E-state index is 7.33. The Morgan fingerprint density at radius 3 is 2.29 bits per heavy atom. The molecule has 0 saturated carbocycles. The number of nitrogens with zero attached hydrogens (tertiary/aromatic N) is 2. The molecule has 2 rings (SSSR count). The van der Waals surface area contributed by atoms with Crippen LogP contribution in [0.1, 0.15) is 17.0 Å². The monoisotopic (exact) mass is 248 g/mol. The summed E-state index contributed by atoms with van der Waals surface area (Å²) in [6, 6.07) is 7.32. The minimum Gasteiger partial charge on any atom is -0.384 e. The van der Waals surface area contributed by atoms with Gasteiger partial charge in [0, 0.05) is 5.56 Å². The highest BCUT2D eigenvalue weighted by atomic mass is 35.5. The van der Waals surface area contributed by atoms with Gasteiger partial charge in [0.25, 0.3) is 0 Å². The number of hydrogen-bond acceptors (Lipinski definition) is 2. The van der Waals surface area contributed by atoms with Crippen molar-refractivity contribution in [1.82, 2.24) is 9.78 Å². The molecular weight excluding hydrogens is 236 g/mol. The Bertz CT molecular complexity index is 569. The number of amidine groups is 1. The summed E-state index contributed by atoms with van der Waals surface area (Å²) in [7, 11) is 0. The quantitative estimate of drug-likeness (QED) is 0.633. The second-order valence-corrected chi connectivity index (χ2v) is 4.24. The van der Waals surface area contributed by atoms with Crippen LogP contribution >= 0.6 is 11.6 Å². The van der Waals surface area contributed by atoms with Crippen LogP contribution in [0.5, 0.6) is 0 Å². The van der Waals surface area contributed by atoms with Crippen LogP contribution in [0.15, 0.2) is 24.3 Å². The largest absolute Gasteiger partial charge is 0.384 e. The average molecular weight is 249 g/mol. The van der Waals surface area contributed by atoms with Crippen molar-refractivity contribution >= 4 is 17.4 Å². The highest BCUT2D eigenvalue weighted by Gasteiger charge is 2.10. The Kier molecular flexibility index (Phi) is 2.90. The van der Waals surface area contributed by atoms with E-state index in [4.69, 9.17) is 22.7 Å². The zero-order valence-electron chi connectivity index (χ0n) is 9.66. The predicted molar refractivity (Wildman–Crippen MR) is 69.1 cm³/mol. The van der Waals surface area contributed by atoms with Crippen LogP contribution < -0.4 is 5.73 Å². The zero-order valence-corrected chi connectivity index (χ0v) is 10.4. The number of rotatable bonds is 2. The molecule has 17 heavy (non-hydrogen) atoms. The van der Waals surface area contributed by atoms with Gasteiger partial charge in [0.1, 0.15) is 5.84 Å². The second-order valence-electron chi connectivity index (χ2n) is 3.86. The molecule has 1 heterocycles. The fraction of sp³-hybridized carbons (Fsp3) is 0.167. The summed E-state index contributed by atoms with van der Waals surface area (Å²) in [5.41, 5.74) is 8.71. The standard InChI is InChI=1S/C12H13ClN4/c1-7-11(13)8(2)17(16-7)10-5-3-9(4-6-10)12(14)15/h3-6H,1-2H3,(H3,14,15). The molecule has 3 N–H and O–H groups in total. The lowest BCUT2D eigenvalue weighted by atomic mass is 10.2. The molecule has 5 heteroatoms. The molecule has 4 nitrogen and oxygen atoms in total. The van der Waals surface area contributed by atoms with Crippen LogP contribution in [0.4, 0.5) is 0 Å². The SMILES string of the molecule is Cc1nn(-c2ccc(C(=N)N)cc2)c(C)c1Cl. The van der Waals surface area contributed by atoms with Crippen LogP contribution in [0, 0.1) is 19.3 Å². The highest BCUT2D eigenvalue weighted by Crippen LogP contribution is 2.22. The Morgan fingerprint density at radius 1 is 1.29 bits per heavy atom. The third-order valence-corrected chi connectivity index (χ3v) is 3.17. The Morgan fingerprint density at radius 2 is 1.88 bits per heavy atom. The van der Waals surface area contributed by atoms with Gasteiger partial charge in [-0.05, 0) is 38.1 Å². The molecule has 0 saturated heterocycles. The molecule has 88 valence electrons. The van der Waals surface area contributed by atoms with Gasteiger partial charge in [0.2, 0.25) is 0 Å². The van der Waals surface area contributed by atoms with Gasteiger partial charge in [-0.2, -0.15) is 5.10 Å². The van der Waals surface area contributed by atoms with E-state index in [-0.39, 0.29) is 5.84 Å². The molecule has 0 aliphatic rings. The number of nitrogens with one attached hydrogen (secondary N) is 1. The van der Waals surface area contributed by atoms with Gasteiger partial charge in [-0.25, -0.2) is 4.68 Å². The first-order chi connectivity index (χ1) is 8.00. The first-order valence-corrected chi connectivity index (χ1v) is 5.55. The summed E-state index contributed by atoms with van der Waals surface area (Å²) >= 11 is 6.09. The van der Waals surface area contributed by atoms with Crippen molar-refractivity contribution in [1.29, 1.82) is 5.41 Å². The lowest BCUT2D eigenvalue weighted by Gasteiger charge is -2.05. The first-order valence-electron chi connectivity index (χ1n) is 5.17. The maximum Gasteiger partial charge on any atom is 0.122 e. The normalized spacial score (nSPS) is 10.5. The van der Waals surface area contributed by atoms with Gasteiger partial charge in [0.15, 0.2) is 0 Å². The smallest absolute Gasteiger partial charge is 0.122 e. The molecule has 0 aliphatic heterocycles. The van der Waals surface area contributed by atoms with Crippen LogP contribution in [-0.2, 0) is 0 Å². The van der Waals surface area contributed by atoms with Gasteiger partial charge in [0.05, 0.1) is 22.1 Å². The summed E-state index contributed by atoms with van der Waals surface area (Å²) in [4.78, 5) is 0. The number of aromatic nitrogens is 2. The van der Waals surface area contributed by atoms with E-state index < -0.39 is 0 Å². The summed E-state index contributed by atoms with van der Waals surface area (Å²) in [6.07, 6.45) is 0. The van der Waals surface area contributed by atoms with Gasteiger partial charge in [-0.1, -0.05) is 11.6 Å². The number of aryl methyl sites for hydroxylation is 1. The summed E-state index contributed by atoms with van der Waals surface area (Å²) < 4.78 is 1.78. The summed E-state index contributed by atoms with van der Waals surface area (Å²) in [5.74, 6) is 0.0583. The van der Waals surface area contributed by atoms with E-state index >= 15 is 0 Å². The molecule has 0 bridgehead atoms. The molecule has 1 aromatic heterocycles. The van der Waals surface area contributed by atoms with Crippen molar-refractivity contribution in [3.8, 4) is 5.69 Å². The van der Waals surface area contributed by atoms with Crippen LogP contribution in [0.2, 0.25) is 5.02 Å². The molecule has 0 unspecified atom stereocenters. The molecule has 0 atom stereocenters. The van der Waals surface area contributed by atoms with Crippen LogP contribution in [0.25, 0.3) is 5.69 Å². The number of benzene rings is 1. The fourth-order valence-electron chi connectivity index (χ4n) is 1.66. The minimum atomic E-state index is 0.0583. The minimum absolute atomic E-state index is 0.0583. The lowest BCUT2D eigenvalue weighted by molar-refractivity contribution is 0.833. The number of halogens is 1. The van der Waals surface area contributed by atoms with E-state index in [0.29, 0.717) is 10.6 Å². The highest BCUT2D eigenvalue weighted by molar-refractivity contribution is 6.31. The number of nitrogens with two attached hydrogens (primary N) is 1. The van der Waals surface area contributed by atoms with E-state index in [2.05, 4.69) is 5.10 Å². The van der Waals surface area contributed by atoms with Crippen molar-refractivity contribution < 1.29 is 0 Å². The molecule has 0 radical (unpaired) electrons. The van der Waals surface area contributed by atoms with E-state index in [9.17, 15) is 0 Å². The lowest BCUT2D eigenvalue weighted by Crippen LogP contribution is -2.11. The Balaban J connectivity index is 2.47. The van der Waals surface area contributed by atoms with Crippen molar-refractivity contribution in [2.45, 2.75) is 13.8 Å². The maximum atomic E-state index is 7.33. The van der Waals surface area contributed by atoms with Gasteiger partial charge in [-0.3, -0.25) is 5.41 Å². The molecule has 0 fully saturated rings. The Hall–Kier alpha value is -1.81. The van der Waals surface area contributed by atoms with Crippen molar-refractivity contribution in [2.75, 3.05) is 0 Å². The molecule has 0 amide bonds. The average Bonchev–Trinajstić information content (AvgIpc) is 2.57. The fourth-order valence-corrected chi connectivity index (χ4v) is 1.78. The van der Waals surface area contributed by atoms with Gasteiger partial charge >= 0.3 is 0 Å². The van der Waals surface area contributed by atoms with Gasteiger partial charge < -0.3 is 5.73 Å². The molecular formula is C12H13ClN4. The molecule has 1 aromatic carbocycles. The van der Waals surface area contributed by atoms with E-state index in [1.54, 1.807) is 16.8 Å². The van der Waals surface area contributed by atoms with Gasteiger partial charge in [-0.15, -0.1) is 0 Å². The van der Waals surface area contributed by atoms with Crippen molar-refractivity contribution in [3.05, 3.63) is 46.2 Å². The first kappa shape index (κ1) is 11.7. The third-order valence-electron chi connectivity index (χ3n) is 2.63. The van der Waals surface area contributed by atoms with Crippen LogP contribution in [-0.4, -0.2) is 15.6 Å². The molecule has 0 spiro atoms. The summed E-state index contributed by atoms with van der Waals surface area (Å²) in [5, 5.41) is 12.4. The number of hydrogen-bond donors (Lipinski definition) is 2. The molecule has 0 aliphatic carbocycles. The summed E-state index contributed by atoms with van der Waals surface area (Å²) in [6.45, 7) is 3.79. The zero-order chi connectivity index (χ0) is 12.6. The topological polar surface area (TPSA) is 67.7 Å². The predicted octanol–water partition coefficient (Wildman–Crippen LogP) is 2.43. The van der Waals surface area contributed by atoms with E-state index in [1.165, 1.54) is 0 Å². The molecule has 2 aromatic rings.